The van der Waals surface area contributed by atoms with Crippen LogP contribution < -0.4 is 4.74 Å². The van der Waals surface area contributed by atoms with Crippen LogP contribution in [0.2, 0.25) is 0 Å². The highest BCUT2D eigenvalue weighted by atomic mass is 19.4. The smallest absolute Gasteiger partial charge is 0.416 e. The normalized spacial score (nSPS) is 15.1. The van der Waals surface area contributed by atoms with Crippen LogP contribution in [0.15, 0.2) is 42.5 Å². The third-order valence-electron chi connectivity index (χ3n) is 5.20. The fraction of sp³-hybridized carbons (Fsp3) is 0.391. The number of nitrogens with zero attached hydrogens (tertiary/aromatic N) is 1. The van der Waals surface area contributed by atoms with E-state index in [9.17, 15) is 27.9 Å². The number of hydrogen-bond acceptors (Lipinski definition) is 4. The molecular weight excluding hydrogens is 411 g/mol. The summed E-state index contributed by atoms with van der Waals surface area (Å²) in [7, 11) is 0. The largest absolute Gasteiger partial charge is 0.457 e. The molecule has 0 atom stereocenters. The molecule has 2 aromatic carbocycles. The molecule has 0 aromatic heterocycles. The molecule has 8 heteroatoms. The minimum atomic E-state index is -4.59. The number of amides is 1. The molecule has 1 amide bonds. The topological polar surface area (TPSA) is 66.8 Å². The second kappa shape index (κ2) is 9.51. The number of halogens is 3. The Bertz CT molecular complexity index is 933. The van der Waals surface area contributed by atoms with Gasteiger partial charge in [-0.25, -0.2) is 0 Å². The molecule has 1 fully saturated rings. The predicted molar refractivity (Wildman–Crippen MR) is 108 cm³/mol. The van der Waals surface area contributed by atoms with Crippen molar-refractivity contribution in [1.82, 2.24) is 4.90 Å². The average Bonchev–Trinajstić information content (AvgIpc) is 2.73. The standard InChI is InChI=1S/C23H24F3NO4/c1-2-21(29)16-3-5-19(6-4-16)31-20-12-15(11-17(14-20)23(24,25)26)13-22(30)27-9-7-18(28)8-10-27/h3-6,11-12,14,18,28H,2,7-10,13H2,1H3. The Morgan fingerprint density at radius 2 is 1.71 bits per heavy atom. The summed E-state index contributed by atoms with van der Waals surface area (Å²) in [6.07, 6.45) is -3.97. The first-order valence-electron chi connectivity index (χ1n) is 10.1. The number of benzene rings is 2. The summed E-state index contributed by atoms with van der Waals surface area (Å²) in [6, 6.07) is 9.41. The number of carbonyl (C=O) groups excluding carboxylic acids is 2. The minimum Gasteiger partial charge on any atom is -0.457 e. The van der Waals surface area contributed by atoms with Crippen LogP contribution in [-0.2, 0) is 17.4 Å². The lowest BCUT2D eigenvalue weighted by atomic mass is 10.0. The van der Waals surface area contributed by atoms with E-state index in [0.717, 1.165) is 12.1 Å². The molecule has 31 heavy (non-hydrogen) atoms. The van der Waals surface area contributed by atoms with Crippen LogP contribution in [0.1, 0.15) is 47.7 Å². The van der Waals surface area contributed by atoms with Gasteiger partial charge in [0.05, 0.1) is 18.1 Å². The molecule has 0 saturated carbocycles. The SMILES string of the molecule is CCC(=O)c1ccc(Oc2cc(CC(=O)N3CCC(O)CC3)cc(C(F)(F)F)c2)cc1. The summed E-state index contributed by atoms with van der Waals surface area (Å²) >= 11 is 0. The van der Waals surface area contributed by atoms with Crippen molar-refractivity contribution in [2.75, 3.05) is 13.1 Å². The Kier molecular flexibility index (Phi) is 7.00. The molecule has 0 spiro atoms. The Morgan fingerprint density at radius 3 is 2.29 bits per heavy atom. The number of carbonyl (C=O) groups is 2. The van der Waals surface area contributed by atoms with Gasteiger partial charge in [-0.05, 0) is 60.9 Å². The molecule has 1 saturated heterocycles. The third kappa shape index (κ3) is 6.07. The van der Waals surface area contributed by atoms with E-state index in [-0.39, 0.29) is 35.2 Å². The first-order chi connectivity index (χ1) is 14.7. The van der Waals surface area contributed by atoms with Gasteiger partial charge in [0, 0.05) is 25.1 Å². The van der Waals surface area contributed by atoms with Crippen molar-refractivity contribution in [2.24, 2.45) is 0 Å². The third-order valence-corrected chi connectivity index (χ3v) is 5.20. The number of piperidine rings is 1. The molecule has 166 valence electrons. The fourth-order valence-electron chi connectivity index (χ4n) is 3.44. The second-order valence-corrected chi connectivity index (χ2v) is 7.56. The van der Waals surface area contributed by atoms with Gasteiger partial charge in [0.1, 0.15) is 11.5 Å². The number of alkyl halides is 3. The van der Waals surface area contributed by atoms with Gasteiger partial charge >= 0.3 is 6.18 Å². The number of Topliss-reactive ketones (excluding diaryl/α,β-unsaturated/α-hetero) is 1. The van der Waals surface area contributed by atoms with Crippen LogP contribution in [0, 0.1) is 0 Å². The van der Waals surface area contributed by atoms with Gasteiger partial charge in [-0.2, -0.15) is 13.2 Å². The van der Waals surface area contributed by atoms with Crippen LogP contribution in [0.3, 0.4) is 0 Å². The quantitative estimate of drug-likeness (QED) is 0.673. The van der Waals surface area contributed by atoms with Crippen LogP contribution in [-0.4, -0.2) is 40.9 Å². The highest BCUT2D eigenvalue weighted by Gasteiger charge is 2.32. The second-order valence-electron chi connectivity index (χ2n) is 7.56. The maximum absolute atomic E-state index is 13.4. The van der Waals surface area contributed by atoms with E-state index in [4.69, 9.17) is 4.74 Å². The van der Waals surface area contributed by atoms with E-state index in [0.29, 0.717) is 37.9 Å². The van der Waals surface area contributed by atoms with Gasteiger partial charge in [0.2, 0.25) is 5.91 Å². The van der Waals surface area contributed by atoms with Crippen LogP contribution >= 0.6 is 0 Å². The zero-order valence-corrected chi connectivity index (χ0v) is 17.1. The van der Waals surface area contributed by atoms with Crippen LogP contribution in [0.4, 0.5) is 13.2 Å². The number of ether oxygens (including phenoxy) is 1. The van der Waals surface area contributed by atoms with E-state index >= 15 is 0 Å². The van der Waals surface area contributed by atoms with E-state index in [2.05, 4.69) is 0 Å². The molecule has 1 heterocycles. The maximum Gasteiger partial charge on any atom is 0.416 e. The van der Waals surface area contributed by atoms with E-state index < -0.39 is 17.8 Å². The van der Waals surface area contributed by atoms with E-state index in [1.807, 2.05) is 0 Å². The van der Waals surface area contributed by atoms with Crippen molar-refractivity contribution in [1.29, 1.82) is 0 Å². The molecule has 1 aliphatic heterocycles. The molecule has 5 nitrogen and oxygen atoms in total. The van der Waals surface area contributed by atoms with Gasteiger partial charge in [-0.15, -0.1) is 0 Å². The van der Waals surface area contributed by atoms with Crippen molar-refractivity contribution < 1.29 is 32.6 Å². The van der Waals surface area contributed by atoms with E-state index in [1.165, 1.54) is 18.2 Å². The molecule has 3 rings (SSSR count). The number of ketones is 1. The van der Waals surface area contributed by atoms with Crippen molar-refractivity contribution in [3.8, 4) is 11.5 Å². The Balaban J connectivity index is 1.80. The lowest BCUT2D eigenvalue weighted by molar-refractivity contribution is -0.138. The lowest BCUT2D eigenvalue weighted by Gasteiger charge is -2.29. The molecule has 1 aliphatic rings. The van der Waals surface area contributed by atoms with Crippen molar-refractivity contribution in [3.63, 3.8) is 0 Å². The highest BCUT2D eigenvalue weighted by molar-refractivity contribution is 5.95. The highest BCUT2D eigenvalue weighted by Crippen LogP contribution is 2.34. The van der Waals surface area contributed by atoms with Crippen molar-refractivity contribution >= 4 is 11.7 Å². The van der Waals surface area contributed by atoms with Gasteiger partial charge in [0.15, 0.2) is 5.78 Å². The van der Waals surface area contributed by atoms with Crippen LogP contribution in [0.25, 0.3) is 0 Å². The first kappa shape index (κ1) is 22.8. The summed E-state index contributed by atoms with van der Waals surface area (Å²) in [5, 5.41) is 9.56. The van der Waals surface area contributed by atoms with Crippen molar-refractivity contribution in [3.05, 3.63) is 59.2 Å². The number of aliphatic hydroxyl groups is 1. The first-order valence-corrected chi connectivity index (χ1v) is 10.1. The maximum atomic E-state index is 13.4. The Morgan fingerprint density at radius 1 is 1.06 bits per heavy atom. The lowest BCUT2D eigenvalue weighted by Crippen LogP contribution is -2.40. The summed E-state index contributed by atoms with van der Waals surface area (Å²) < 4.78 is 45.8. The molecule has 0 bridgehead atoms. The summed E-state index contributed by atoms with van der Waals surface area (Å²) in [5.74, 6) is -0.0909. The molecule has 0 aliphatic carbocycles. The van der Waals surface area contributed by atoms with Gasteiger partial charge < -0.3 is 14.7 Å². The summed E-state index contributed by atoms with van der Waals surface area (Å²) in [5.41, 5.74) is -0.213. The average molecular weight is 435 g/mol. The zero-order chi connectivity index (χ0) is 22.6. The zero-order valence-electron chi connectivity index (χ0n) is 17.1. The number of aliphatic hydroxyl groups excluding tert-OH is 1. The Hall–Kier alpha value is -2.87. The fourth-order valence-corrected chi connectivity index (χ4v) is 3.44. The summed E-state index contributed by atoms with van der Waals surface area (Å²) in [4.78, 5) is 25.8. The summed E-state index contributed by atoms with van der Waals surface area (Å²) in [6.45, 7) is 2.50. The number of rotatable bonds is 6. The molecule has 1 N–H and O–H groups in total. The molecule has 2 aromatic rings. The number of hydrogen-bond donors (Lipinski definition) is 1. The monoisotopic (exact) mass is 435 g/mol. The van der Waals surface area contributed by atoms with Crippen LogP contribution in [0.5, 0.6) is 11.5 Å². The molecule has 0 radical (unpaired) electrons. The van der Waals surface area contributed by atoms with Gasteiger partial charge in [-0.3, -0.25) is 9.59 Å². The minimum absolute atomic E-state index is 0.0405. The van der Waals surface area contributed by atoms with Gasteiger partial charge in [-0.1, -0.05) is 6.92 Å². The van der Waals surface area contributed by atoms with Crippen molar-refractivity contribution in [2.45, 2.75) is 44.9 Å². The number of likely N-dealkylation sites (tertiary alicyclic amines) is 1. The Labute approximate surface area is 178 Å². The van der Waals surface area contributed by atoms with E-state index in [1.54, 1.807) is 24.0 Å². The molecular formula is C23H24F3NO4. The molecule has 0 unspecified atom stereocenters. The predicted octanol–water partition coefficient (Wildman–Crippen LogP) is 4.62. The van der Waals surface area contributed by atoms with Gasteiger partial charge in [0.25, 0.3) is 0 Å².